The summed E-state index contributed by atoms with van der Waals surface area (Å²) in [4.78, 5) is 34.4. The summed E-state index contributed by atoms with van der Waals surface area (Å²) in [6.07, 6.45) is 0. The first kappa shape index (κ1) is 21.3. The first-order valence-corrected chi connectivity index (χ1v) is 11.0. The summed E-state index contributed by atoms with van der Waals surface area (Å²) in [6.45, 7) is 4.15. The van der Waals surface area contributed by atoms with Crippen LogP contribution in [0.4, 0.5) is 0 Å². The van der Waals surface area contributed by atoms with E-state index in [1.54, 1.807) is 0 Å². The minimum Gasteiger partial charge on any atom is -0.468 e. The molecular weight excluding hydrogens is 424 g/mol. The van der Waals surface area contributed by atoms with Crippen molar-refractivity contribution in [1.29, 1.82) is 0 Å². The number of carbonyl (C=O) groups excluding carboxylic acids is 2. The summed E-state index contributed by atoms with van der Waals surface area (Å²) in [5, 5.41) is 2.83. The number of ether oxygens (including phenoxy) is 3. The highest BCUT2D eigenvalue weighted by Crippen LogP contribution is 2.33. The molecule has 0 spiro atoms. The van der Waals surface area contributed by atoms with Crippen LogP contribution < -0.4 is 14.8 Å². The van der Waals surface area contributed by atoms with Gasteiger partial charge in [-0.05, 0) is 23.3 Å². The average molecular weight is 450 g/mol. The highest BCUT2D eigenvalue weighted by atomic mass is 16.7. The van der Waals surface area contributed by atoms with E-state index < -0.39 is 17.9 Å². The molecule has 2 aromatic carbocycles. The Kier molecular flexibility index (Phi) is 5.87. The van der Waals surface area contributed by atoms with Crippen molar-refractivity contribution in [3.8, 4) is 11.5 Å². The summed E-state index contributed by atoms with van der Waals surface area (Å²) < 4.78 is 15.7. The average Bonchev–Trinajstić information content (AvgIpc) is 3.32. The maximum atomic E-state index is 12.9. The number of nitrogens with one attached hydrogen (secondary N) is 1. The molecular formula is C24H26N4O5. The van der Waals surface area contributed by atoms with E-state index in [0.717, 1.165) is 36.7 Å². The van der Waals surface area contributed by atoms with Crippen LogP contribution in [0.3, 0.4) is 0 Å². The van der Waals surface area contributed by atoms with E-state index in [4.69, 9.17) is 19.2 Å². The van der Waals surface area contributed by atoms with Crippen molar-refractivity contribution in [2.75, 3.05) is 40.1 Å². The van der Waals surface area contributed by atoms with Crippen molar-refractivity contribution < 1.29 is 23.8 Å². The van der Waals surface area contributed by atoms with E-state index >= 15 is 0 Å². The monoisotopic (exact) mass is 450 g/mol. The third kappa shape index (κ3) is 4.36. The molecule has 2 atom stereocenters. The SMILES string of the molecule is COC(=O)C1C(=O)NC(N2CCN(Cc3ccc4c(c3)OCO4)CC2)=NC1c1ccccc1. The van der Waals surface area contributed by atoms with E-state index in [0.29, 0.717) is 19.0 Å². The number of amides is 1. The van der Waals surface area contributed by atoms with Crippen LogP contribution in [0.5, 0.6) is 11.5 Å². The predicted molar refractivity (Wildman–Crippen MR) is 120 cm³/mol. The number of aliphatic imine (C=N–C) groups is 1. The van der Waals surface area contributed by atoms with Gasteiger partial charge in [0.2, 0.25) is 18.7 Å². The number of guanidine groups is 1. The van der Waals surface area contributed by atoms with Gasteiger partial charge >= 0.3 is 5.97 Å². The largest absolute Gasteiger partial charge is 0.468 e. The van der Waals surface area contributed by atoms with Crippen LogP contribution in [-0.4, -0.2) is 67.7 Å². The third-order valence-electron chi connectivity index (χ3n) is 6.21. The van der Waals surface area contributed by atoms with Gasteiger partial charge in [-0.3, -0.25) is 19.8 Å². The molecule has 0 radical (unpaired) electrons. The van der Waals surface area contributed by atoms with E-state index in [-0.39, 0.29) is 12.7 Å². The highest BCUT2D eigenvalue weighted by molar-refractivity contribution is 6.08. The molecule has 5 rings (SSSR count). The Balaban J connectivity index is 1.28. The molecule has 2 aromatic rings. The van der Waals surface area contributed by atoms with Gasteiger partial charge in [0.15, 0.2) is 17.4 Å². The zero-order valence-corrected chi connectivity index (χ0v) is 18.4. The lowest BCUT2D eigenvalue weighted by Gasteiger charge is -2.39. The van der Waals surface area contributed by atoms with E-state index in [1.165, 1.54) is 12.7 Å². The fraction of sp³-hybridized carbons (Fsp3) is 0.375. The van der Waals surface area contributed by atoms with Gasteiger partial charge in [0, 0.05) is 32.7 Å². The van der Waals surface area contributed by atoms with E-state index in [2.05, 4.69) is 21.2 Å². The first-order chi connectivity index (χ1) is 16.1. The number of esters is 1. The molecule has 0 aromatic heterocycles. The van der Waals surface area contributed by atoms with Crippen molar-refractivity contribution in [3.63, 3.8) is 0 Å². The van der Waals surface area contributed by atoms with Crippen molar-refractivity contribution in [1.82, 2.24) is 15.1 Å². The Morgan fingerprint density at radius 1 is 1.09 bits per heavy atom. The van der Waals surface area contributed by atoms with Gasteiger partial charge < -0.3 is 19.1 Å². The van der Waals surface area contributed by atoms with Gasteiger partial charge in [-0.15, -0.1) is 0 Å². The van der Waals surface area contributed by atoms with Gasteiger partial charge in [0.1, 0.15) is 6.04 Å². The van der Waals surface area contributed by atoms with Crippen LogP contribution >= 0.6 is 0 Å². The van der Waals surface area contributed by atoms with Crippen molar-refractivity contribution in [2.24, 2.45) is 10.9 Å². The molecule has 0 bridgehead atoms. The minimum atomic E-state index is -1.01. The second-order valence-corrected chi connectivity index (χ2v) is 8.25. The standard InChI is InChI=1S/C24H26N4O5/c1-31-23(30)20-21(17-5-3-2-4-6-17)25-24(26-22(20)29)28-11-9-27(10-12-28)14-16-7-8-18-19(13-16)33-15-32-18/h2-8,13,20-21H,9-12,14-15H2,1H3,(H,25,26,29). The van der Waals surface area contributed by atoms with Crippen LogP contribution in [0.1, 0.15) is 17.2 Å². The second-order valence-electron chi connectivity index (χ2n) is 8.25. The quantitative estimate of drug-likeness (QED) is 0.558. The van der Waals surface area contributed by atoms with E-state index in [9.17, 15) is 9.59 Å². The molecule has 1 saturated heterocycles. The topological polar surface area (TPSA) is 92.7 Å². The predicted octanol–water partition coefficient (Wildman–Crippen LogP) is 1.55. The fourth-order valence-electron chi connectivity index (χ4n) is 4.43. The molecule has 2 unspecified atom stereocenters. The summed E-state index contributed by atoms with van der Waals surface area (Å²) >= 11 is 0. The van der Waals surface area contributed by atoms with Crippen LogP contribution in [-0.2, 0) is 20.9 Å². The zero-order chi connectivity index (χ0) is 22.8. The lowest BCUT2D eigenvalue weighted by Crippen LogP contribution is -2.57. The molecule has 1 fully saturated rings. The maximum absolute atomic E-state index is 12.9. The molecule has 3 aliphatic heterocycles. The van der Waals surface area contributed by atoms with Crippen molar-refractivity contribution in [2.45, 2.75) is 12.6 Å². The van der Waals surface area contributed by atoms with Crippen LogP contribution in [0.2, 0.25) is 0 Å². The minimum absolute atomic E-state index is 0.270. The number of nitrogens with zero attached hydrogens (tertiary/aromatic N) is 3. The fourth-order valence-corrected chi connectivity index (χ4v) is 4.43. The smallest absolute Gasteiger partial charge is 0.320 e. The molecule has 3 heterocycles. The number of carbonyl (C=O) groups is 2. The molecule has 33 heavy (non-hydrogen) atoms. The first-order valence-electron chi connectivity index (χ1n) is 11.0. The number of piperazine rings is 1. The summed E-state index contributed by atoms with van der Waals surface area (Å²) in [6, 6.07) is 14.8. The van der Waals surface area contributed by atoms with Crippen LogP contribution in [0, 0.1) is 5.92 Å². The summed E-state index contributed by atoms with van der Waals surface area (Å²) in [5.74, 6) is 0.108. The molecule has 1 amide bonds. The zero-order valence-electron chi connectivity index (χ0n) is 18.4. The van der Waals surface area contributed by atoms with Gasteiger partial charge in [-0.25, -0.2) is 4.99 Å². The van der Waals surface area contributed by atoms with Crippen molar-refractivity contribution >= 4 is 17.8 Å². The Labute approximate surface area is 191 Å². The Morgan fingerprint density at radius 3 is 2.61 bits per heavy atom. The Hall–Kier alpha value is -3.59. The summed E-state index contributed by atoms with van der Waals surface area (Å²) in [7, 11) is 1.29. The van der Waals surface area contributed by atoms with Gasteiger partial charge in [0.05, 0.1) is 7.11 Å². The molecule has 9 heteroatoms. The van der Waals surface area contributed by atoms with Gasteiger partial charge in [-0.1, -0.05) is 36.4 Å². The van der Waals surface area contributed by atoms with Crippen molar-refractivity contribution in [3.05, 3.63) is 59.7 Å². The number of hydrogen-bond acceptors (Lipinski definition) is 8. The summed E-state index contributed by atoms with van der Waals surface area (Å²) in [5.41, 5.74) is 1.97. The number of fused-ring (bicyclic) bond motifs is 1. The van der Waals surface area contributed by atoms with Crippen LogP contribution in [0.15, 0.2) is 53.5 Å². The molecule has 3 aliphatic rings. The van der Waals surface area contributed by atoms with E-state index in [1.807, 2.05) is 42.5 Å². The lowest BCUT2D eigenvalue weighted by molar-refractivity contribution is -0.151. The Bertz CT molecular complexity index is 1070. The maximum Gasteiger partial charge on any atom is 0.320 e. The number of benzene rings is 2. The number of rotatable bonds is 4. The molecule has 0 saturated carbocycles. The third-order valence-corrected chi connectivity index (χ3v) is 6.21. The Morgan fingerprint density at radius 2 is 1.85 bits per heavy atom. The van der Waals surface area contributed by atoms with Gasteiger partial charge in [-0.2, -0.15) is 0 Å². The second kappa shape index (κ2) is 9.11. The normalized spacial score (nSPS) is 22.5. The highest BCUT2D eigenvalue weighted by Gasteiger charge is 2.42. The molecule has 172 valence electrons. The number of methoxy groups -OCH3 is 1. The van der Waals surface area contributed by atoms with Gasteiger partial charge in [0.25, 0.3) is 0 Å². The molecule has 1 N–H and O–H groups in total. The lowest BCUT2D eigenvalue weighted by atomic mass is 9.91. The van der Waals surface area contributed by atoms with Crippen LogP contribution in [0.25, 0.3) is 0 Å². The molecule has 9 nitrogen and oxygen atoms in total. The molecule has 0 aliphatic carbocycles. The number of hydrogen-bond donors (Lipinski definition) is 1.